The number of sulfone groups is 1. The lowest BCUT2D eigenvalue weighted by Crippen LogP contribution is -2.29. The van der Waals surface area contributed by atoms with Crippen molar-refractivity contribution in [2.75, 3.05) is 20.3 Å². The van der Waals surface area contributed by atoms with Crippen molar-refractivity contribution in [1.29, 1.82) is 0 Å². The number of carboxylic acids is 1. The fraction of sp³-hybridized carbons (Fsp3) is 0.462. The average molecular weight is 300 g/mol. The van der Waals surface area contributed by atoms with Gasteiger partial charge in [0.05, 0.1) is 17.3 Å². The third kappa shape index (κ3) is 2.78. The number of ether oxygens (including phenoxy) is 2. The Balaban J connectivity index is 2.41. The third-order valence-corrected chi connectivity index (χ3v) is 5.60. The van der Waals surface area contributed by atoms with Gasteiger partial charge in [0, 0.05) is 13.2 Å². The van der Waals surface area contributed by atoms with Crippen molar-refractivity contribution in [2.24, 2.45) is 0 Å². The van der Waals surface area contributed by atoms with Gasteiger partial charge in [-0.1, -0.05) is 0 Å². The topological polar surface area (TPSA) is 89.9 Å². The van der Waals surface area contributed by atoms with Crippen LogP contribution in [0.5, 0.6) is 5.75 Å². The highest BCUT2D eigenvalue weighted by Gasteiger charge is 2.30. The van der Waals surface area contributed by atoms with E-state index in [4.69, 9.17) is 14.6 Å². The largest absolute Gasteiger partial charge is 0.496 e. The summed E-state index contributed by atoms with van der Waals surface area (Å²) in [5, 5.41) is 8.58. The van der Waals surface area contributed by atoms with Gasteiger partial charge in [-0.3, -0.25) is 0 Å². The van der Waals surface area contributed by atoms with E-state index in [1.165, 1.54) is 19.2 Å². The van der Waals surface area contributed by atoms with E-state index >= 15 is 0 Å². The second kappa shape index (κ2) is 5.80. The molecular weight excluding hydrogens is 284 g/mol. The molecule has 1 aliphatic heterocycles. The van der Waals surface area contributed by atoms with Crippen LogP contribution in [-0.4, -0.2) is 45.1 Å². The predicted octanol–water partition coefficient (Wildman–Crippen LogP) is 1.35. The first kappa shape index (κ1) is 14.8. The summed E-state index contributed by atoms with van der Waals surface area (Å²) in [6.45, 7) is 0.817. The van der Waals surface area contributed by atoms with Crippen molar-refractivity contribution in [3.05, 3.63) is 23.8 Å². The second-order valence-corrected chi connectivity index (χ2v) is 6.75. The number of carboxylic acid groups (broad SMARTS) is 1. The summed E-state index contributed by atoms with van der Waals surface area (Å²) < 4.78 is 35.0. The summed E-state index contributed by atoms with van der Waals surface area (Å²) in [5.74, 6) is -1.07. The molecule has 0 radical (unpaired) electrons. The fourth-order valence-electron chi connectivity index (χ4n) is 2.21. The number of rotatable bonds is 4. The van der Waals surface area contributed by atoms with Crippen molar-refractivity contribution < 1.29 is 27.8 Å². The molecule has 110 valence electrons. The third-order valence-electron chi connectivity index (χ3n) is 3.34. The lowest BCUT2D eigenvalue weighted by atomic mass is 10.2. The Morgan fingerprint density at radius 1 is 1.35 bits per heavy atom. The van der Waals surface area contributed by atoms with Crippen molar-refractivity contribution >= 4 is 15.8 Å². The molecule has 0 saturated carbocycles. The highest BCUT2D eigenvalue weighted by Crippen LogP contribution is 2.28. The van der Waals surface area contributed by atoms with E-state index in [1.54, 1.807) is 0 Å². The van der Waals surface area contributed by atoms with Crippen LogP contribution < -0.4 is 4.74 Å². The SMILES string of the molecule is COc1ccc(S(=O)(=O)C2CCOCC2)cc1C(=O)O. The predicted molar refractivity (Wildman–Crippen MR) is 71.0 cm³/mol. The Bertz CT molecular complexity index is 601. The van der Waals surface area contributed by atoms with Crippen LogP contribution >= 0.6 is 0 Å². The molecule has 0 aliphatic carbocycles. The molecule has 7 heteroatoms. The second-order valence-electron chi connectivity index (χ2n) is 4.52. The van der Waals surface area contributed by atoms with E-state index in [1.807, 2.05) is 0 Å². The van der Waals surface area contributed by atoms with Crippen LogP contribution in [0.1, 0.15) is 23.2 Å². The van der Waals surface area contributed by atoms with Crippen molar-refractivity contribution in [3.63, 3.8) is 0 Å². The molecule has 1 N–H and O–H groups in total. The molecule has 1 aromatic carbocycles. The number of carbonyl (C=O) groups is 1. The minimum absolute atomic E-state index is 0.0163. The molecule has 1 aromatic rings. The van der Waals surface area contributed by atoms with Crippen LogP contribution in [0, 0.1) is 0 Å². The first-order valence-corrected chi connectivity index (χ1v) is 7.74. The average Bonchev–Trinajstić information content (AvgIpc) is 2.47. The number of hydrogen-bond acceptors (Lipinski definition) is 5. The molecule has 0 amide bonds. The molecule has 1 heterocycles. The Morgan fingerprint density at radius 3 is 2.55 bits per heavy atom. The van der Waals surface area contributed by atoms with Gasteiger partial charge in [0.15, 0.2) is 9.84 Å². The molecule has 0 unspecified atom stereocenters. The van der Waals surface area contributed by atoms with Gasteiger partial charge in [-0.2, -0.15) is 0 Å². The summed E-state index contributed by atoms with van der Waals surface area (Å²) in [5.41, 5.74) is -0.152. The van der Waals surface area contributed by atoms with Crippen LogP contribution in [0.25, 0.3) is 0 Å². The maximum Gasteiger partial charge on any atom is 0.339 e. The summed E-state index contributed by atoms with van der Waals surface area (Å²) in [6.07, 6.45) is 0.855. The zero-order valence-electron chi connectivity index (χ0n) is 11.0. The Labute approximate surface area is 117 Å². The van der Waals surface area contributed by atoms with E-state index < -0.39 is 21.1 Å². The molecule has 2 rings (SSSR count). The molecule has 1 fully saturated rings. The highest BCUT2D eigenvalue weighted by atomic mass is 32.2. The molecule has 1 saturated heterocycles. The summed E-state index contributed by atoms with van der Waals surface area (Å²) in [7, 11) is -2.20. The summed E-state index contributed by atoms with van der Waals surface area (Å²) >= 11 is 0. The minimum atomic E-state index is -3.54. The van der Waals surface area contributed by atoms with E-state index in [2.05, 4.69) is 0 Å². The van der Waals surface area contributed by atoms with Gasteiger partial charge >= 0.3 is 5.97 Å². The van der Waals surface area contributed by atoms with Gasteiger partial charge in [0.1, 0.15) is 11.3 Å². The number of aromatic carboxylic acids is 1. The first-order valence-electron chi connectivity index (χ1n) is 6.20. The van der Waals surface area contributed by atoms with E-state index in [0.29, 0.717) is 26.1 Å². The number of methoxy groups -OCH3 is 1. The Morgan fingerprint density at radius 2 is 2.00 bits per heavy atom. The van der Waals surface area contributed by atoms with Crippen LogP contribution in [-0.2, 0) is 14.6 Å². The monoisotopic (exact) mass is 300 g/mol. The maximum atomic E-state index is 12.5. The van der Waals surface area contributed by atoms with Gasteiger partial charge in [-0.05, 0) is 31.0 Å². The van der Waals surface area contributed by atoms with Crippen LogP contribution in [0.4, 0.5) is 0 Å². The van der Waals surface area contributed by atoms with Crippen LogP contribution in [0.2, 0.25) is 0 Å². The van der Waals surface area contributed by atoms with Crippen molar-refractivity contribution in [2.45, 2.75) is 23.0 Å². The molecule has 0 atom stereocenters. The van der Waals surface area contributed by atoms with E-state index in [0.717, 1.165) is 6.07 Å². The van der Waals surface area contributed by atoms with Crippen LogP contribution in [0.15, 0.2) is 23.1 Å². The molecule has 0 bridgehead atoms. The quantitative estimate of drug-likeness (QED) is 0.902. The zero-order chi connectivity index (χ0) is 14.8. The van der Waals surface area contributed by atoms with Gasteiger partial charge < -0.3 is 14.6 Å². The van der Waals surface area contributed by atoms with Gasteiger partial charge in [-0.15, -0.1) is 0 Å². The zero-order valence-corrected chi connectivity index (χ0v) is 11.9. The lowest BCUT2D eigenvalue weighted by molar-refractivity contribution is 0.0693. The summed E-state index contributed by atoms with van der Waals surface area (Å²) in [6, 6.07) is 3.91. The molecule has 0 spiro atoms. The Hall–Kier alpha value is -1.60. The molecule has 6 nitrogen and oxygen atoms in total. The van der Waals surface area contributed by atoms with Crippen molar-refractivity contribution in [1.82, 2.24) is 0 Å². The van der Waals surface area contributed by atoms with Gasteiger partial charge in [0.25, 0.3) is 0 Å². The fourth-order valence-corrected chi connectivity index (χ4v) is 3.95. The lowest BCUT2D eigenvalue weighted by Gasteiger charge is -2.22. The number of benzene rings is 1. The molecule has 1 aliphatic rings. The van der Waals surface area contributed by atoms with E-state index in [9.17, 15) is 13.2 Å². The molecule has 0 aromatic heterocycles. The molecular formula is C13H16O6S. The smallest absolute Gasteiger partial charge is 0.339 e. The van der Waals surface area contributed by atoms with Crippen LogP contribution in [0.3, 0.4) is 0 Å². The van der Waals surface area contributed by atoms with Crippen molar-refractivity contribution in [3.8, 4) is 5.75 Å². The first-order chi connectivity index (χ1) is 9.46. The van der Waals surface area contributed by atoms with Gasteiger partial charge in [0.2, 0.25) is 0 Å². The Kier molecular flexibility index (Phi) is 4.29. The normalized spacial score (nSPS) is 16.9. The maximum absolute atomic E-state index is 12.5. The standard InChI is InChI=1S/C13H16O6S/c1-18-12-3-2-10(8-11(12)13(14)15)20(16,17)9-4-6-19-7-5-9/h2-3,8-9H,4-7H2,1H3,(H,14,15). The number of hydrogen-bond donors (Lipinski definition) is 1. The highest BCUT2D eigenvalue weighted by molar-refractivity contribution is 7.92. The minimum Gasteiger partial charge on any atom is -0.496 e. The van der Waals surface area contributed by atoms with Gasteiger partial charge in [-0.25, -0.2) is 13.2 Å². The van der Waals surface area contributed by atoms with E-state index in [-0.39, 0.29) is 16.2 Å². The summed E-state index contributed by atoms with van der Waals surface area (Å²) in [4.78, 5) is 11.2. The molecule has 20 heavy (non-hydrogen) atoms.